The molecule has 0 aliphatic carbocycles. The van der Waals surface area contributed by atoms with Crippen molar-refractivity contribution in [3.63, 3.8) is 0 Å². The highest BCUT2D eigenvalue weighted by Crippen LogP contribution is 2.29. The van der Waals surface area contributed by atoms with E-state index in [1.54, 1.807) is 18.2 Å². The van der Waals surface area contributed by atoms with Crippen molar-refractivity contribution in [1.82, 2.24) is 0 Å². The summed E-state index contributed by atoms with van der Waals surface area (Å²) in [5.41, 5.74) is 7.35. The maximum atomic E-state index is 12.8. The largest absolute Gasteiger partial charge is 0.487 e. The van der Waals surface area contributed by atoms with Gasteiger partial charge >= 0.3 is 0 Å². The third-order valence-electron chi connectivity index (χ3n) is 2.56. The van der Waals surface area contributed by atoms with Gasteiger partial charge in [-0.2, -0.15) is 0 Å². The number of benzene rings is 2. The zero-order valence-corrected chi connectivity index (χ0v) is 10.5. The number of halogens is 2. The fraction of sp³-hybridized carbons (Fsp3) is 0.143. The second-order valence-corrected chi connectivity index (χ2v) is 4.25. The van der Waals surface area contributed by atoms with E-state index in [0.717, 1.165) is 11.1 Å². The van der Waals surface area contributed by atoms with Gasteiger partial charge in [0.1, 0.15) is 18.2 Å². The van der Waals surface area contributed by atoms with E-state index in [2.05, 4.69) is 0 Å². The molecule has 0 bridgehead atoms. The van der Waals surface area contributed by atoms with Gasteiger partial charge in [-0.1, -0.05) is 35.9 Å². The lowest BCUT2D eigenvalue weighted by Crippen LogP contribution is -2.03. The molecule has 2 aromatic carbocycles. The molecular formula is C14H13ClFNO. The Morgan fingerprint density at radius 2 is 1.83 bits per heavy atom. The van der Waals surface area contributed by atoms with Crippen LogP contribution in [0.5, 0.6) is 5.75 Å². The highest BCUT2D eigenvalue weighted by Gasteiger charge is 2.07. The first-order chi connectivity index (χ1) is 8.70. The molecule has 4 heteroatoms. The predicted octanol–water partition coefficient (Wildman–Crippen LogP) is 3.52. The summed E-state index contributed by atoms with van der Waals surface area (Å²) in [5.74, 6) is 0.324. The lowest BCUT2D eigenvalue weighted by molar-refractivity contribution is 0.303. The SMILES string of the molecule is NCc1cccc(Cl)c1OCc1ccc(F)cc1. The van der Waals surface area contributed by atoms with Crippen molar-refractivity contribution in [2.24, 2.45) is 5.73 Å². The molecule has 0 aromatic heterocycles. The smallest absolute Gasteiger partial charge is 0.142 e. The van der Waals surface area contributed by atoms with E-state index in [1.807, 2.05) is 12.1 Å². The van der Waals surface area contributed by atoms with Gasteiger partial charge < -0.3 is 10.5 Å². The Labute approximate surface area is 110 Å². The molecule has 0 atom stereocenters. The molecular weight excluding hydrogens is 253 g/mol. The third kappa shape index (κ3) is 3.00. The fourth-order valence-electron chi connectivity index (χ4n) is 1.61. The molecule has 0 radical (unpaired) electrons. The first-order valence-electron chi connectivity index (χ1n) is 5.55. The first kappa shape index (κ1) is 12.9. The Bertz CT molecular complexity index is 528. The maximum Gasteiger partial charge on any atom is 0.142 e. The fourth-order valence-corrected chi connectivity index (χ4v) is 1.86. The molecule has 0 heterocycles. The highest BCUT2D eigenvalue weighted by atomic mass is 35.5. The van der Waals surface area contributed by atoms with Gasteiger partial charge in [0, 0.05) is 12.1 Å². The summed E-state index contributed by atoms with van der Waals surface area (Å²) in [4.78, 5) is 0. The van der Waals surface area contributed by atoms with E-state index in [9.17, 15) is 4.39 Å². The van der Waals surface area contributed by atoms with Crippen molar-refractivity contribution >= 4 is 11.6 Å². The lowest BCUT2D eigenvalue weighted by Gasteiger charge is -2.12. The monoisotopic (exact) mass is 265 g/mol. The Hall–Kier alpha value is -1.58. The molecule has 0 fully saturated rings. The first-order valence-corrected chi connectivity index (χ1v) is 5.93. The number of rotatable bonds is 4. The van der Waals surface area contributed by atoms with E-state index >= 15 is 0 Å². The number of nitrogens with two attached hydrogens (primary N) is 1. The normalized spacial score (nSPS) is 10.4. The van der Waals surface area contributed by atoms with Crippen LogP contribution in [0.1, 0.15) is 11.1 Å². The quantitative estimate of drug-likeness (QED) is 0.918. The summed E-state index contributed by atoms with van der Waals surface area (Å²) >= 11 is 6.06. The summed E-state index contributed by atoms with van der Waals surface area (Å²) < 4.78 is 18.4. The summed E-state index contributed by atoms with van der Waals surface area (Å²) in [5, 5.41) is 0.528. The van der Waals surface area contributed by atoms with Crippen molar-refractivity contribution in [2.75, 3.05) is 0 Å². The molecule has 0 saturated carbocycles. The molecule has 0 unspecified atom stereocenters. The average Bonchev–Trinajstić information content (AvgIpc) is 2.39. The number of hydrogen-bond donors (Lipinski definition) is 1. The molecule has 2 nitrogen and oxygen atoms in total. The molecule has 0 aliphatic heterocycles. The van der Waals surface area contributed by atoms with Gasteiger partial charge in [-0.25, -0.2) is 4.39 Å². The standard InChI is InChI=1S/C14H13ClFNO/c15-13-3-1-2-11(8-17)14(13)18-9-10-4-6-12(16)7-5-10/h1-7H,8-9,17H2. The van der Waals surface area contributed by atoms with Crippen LogP contribution in [-0.2, 0) is 13.2 Å². The molecule has 0 spiro atoms. The number of para-hydroxylation sites is 1. The molecule has 0 aliphatic rings. The second kappa shape index (κ2) is 5.85. The van der Waals surface area contributed by atoms with Crippen LogP contribution in [0.4, 0.5) is 4.39 Å². The Morgan fingerprint density at radius 1 is 1.11 bits per heavy atom. The lowest BCUT2D eigenvalue weighted by atomic mass is 10.2. The maximum absolute atomic E-state index is 12.8. The topological polar surface area (TPSA) is 35.2 Å². The van der Waals surface area contributed by atoms with Crippen LogP contribution < -0.4 is 10.5 Å². The van der Waals surface area contributed by atoms with Crippen LogP contribution in [0, 0.1) is 5.82 Å². The van der Waals surface area contributed by atoms with Crippen molar-refractivity contribution in [1.29, 1.82) is 0 Å². The Morgan fingerprint density at radius 3 is 2.50 bits per heavy atom. The average molecular weight is 266 g/mol. The van der Waals surface area contributed by atoms with E-state index in [-0.39, 0.29) is 5.82 Å². The number of hydrogen-bond acceptors (Lipinski definition) is 2. The van der Waals surface area contributed by atoms with Gasteiger partial charge in [-0.05, 0) is 23.8 Å². The zero-order chi connectivity index (χ0) is 13.0. The zero-order valence-electron chi connectivity index (χ0n) is 9.70. The number of ether oxygens (including phenoxy) is 1. The molecule has 0 saturated heterocycles. The van der Waals surface area contributed by atoms with E-state index in [0.29, 0.717) is 23.9 Å². The van der Waals surface area contributed by atoms with Crippen molar-refractivity contribution in [3.8, 4) is 5.75 Å². The van der Waals surface area contributed by atoms with E-state index < -0.39 is 0 Å². The molecule has 2 rings (SSSR count). The third-order valence-corrected chi connectivity index (χ3v) is 2.86. The van der Waals surface area contributed by atoms with Gasteiger partial charge in [-0.15, -0.1) is 0 Å². The van der Waals surface area contributed by atoms with Crippen LogP contribution >= 0.6 is 11.6 Å². The van der Waals surface area contributed by atoms with Gasteiger partial charge in [0.2, 0.25) is 0 Å². The van der Waals surface area contributed by atoms with Crippen LogP contribution in [0.2, 0.25) is 5.02 Å². The summed E-state index contributed by atoms with van der Waals surface area (Å²) in [6, 6.07) is 11.6. The second-order valence-electron chi connectivity index (χ2n) is 3.85. The van der Waals surface area contributed by atoms with E-state index in [1.165, 1.54) is 12.1 Å². The van der Waals surface area contributed by atoms with Gasteiger partial charge in [-0.3, -0.25) is 0 Å². The van der Waals surface area contributed by atoms with Crippen LogP contribution in [0.15, 0.2) is 42.5 Å². The van der Waals surface area contributed by atoms with Gasteiger partial charge in [0.25, 0.3) is 0 Å². The van der Waals surface area contributed by atoms with Gasteiger partial charge in [0.05, 0.1) is 5.02 Å². The molecule has 18 heavy (non-hydrogen) atoms. The summed E-state index contributed by atoms with van der Waals surface area (Å²) in [6.45, 7) is 0.691. The minimum atomic E-state index is -0.265. The Kier molecular flexibility index (Phi) is 4.18. The van der Waals surface area contributed by atoms with Crippen molar-refractivity contribution in [2.45, 2.75) is 13.2 Å². The van der Waals surface area contributed by atoms with Crippen molar-refractivity contribution < 1.29 is 9.13 Å². The van der Waals surface area contributed by atoms with Crippen molar-refractivity contribution in [3.05, 3.63) is 64.4 Å². The summed E-state index contributed by atoms with van der Waals surface area (Å²) in [7, 11) is 0. The van der Waals surface area contributed by atoms with Crippen LogP contribution in [0.3, 0.4) is 0 Å². The molecule has 94 valence electrons. The molecule has 0 amide bonds. The van der Waals surface area contributed by atoms with Crippen LogP contribution in [-0.4, -0.2) is 0 Å². The molecule has 2 N–H and O–H groups in total. The Balaban J connectivity index is 2.12. The predicted molar refractivity (Wildman–Crippen MR) is 70.1 cm³/mol. The molecule has 2 aromatic rings. The minimum Gasteiger partial charge on any atom is -0.487 e. The van der Waals surface area contributed by atoms with Gasteiger partial charge in [0.15, 0.2) is 0 Å². The summed E-state index contributed by atoms with van der Waals surface area (Å²) in [6.07, 6.45) is 0. The minimum absolute atomic E-state index is 0.265. The van der Waals surface area contributed by atoms with Crippen LogP contribution in [0.25, 0.3) is 0 Å². The van der Waals surface area contributed by atoms with E-state index in [4.69, 9.17) is 22.1 Å². The highest BCUT2D eigenvalue weighted by molar-refractivity contribution is 6.32.